The highest BCUT2D eigenvalue weighted by molar-refractivity contribution is 5.41. The van der Waals surface area contributed by atoms with Crippen LogP contribution in [0.3, 0.4) is 0 Å². The highest BCUT2D eigenvalue weighted by atomic mass is 19.1. The summed E-state index contributed by atoms with van der Waals surface area (Å²) in [6, 6.07) is 4.93. The Balaban J connectivity index is 2.39. The van der Waals surface area contributed by atoms with Crippen molar-refractivity contribution in [3.8, 4) is 0 Å². The maximum absolute atomic E-state index is 13.0. The van der Waals surface area contributed by atoms with Crippen LogP contribution in [0.4, 0.5) is 10.1 Å². The van der Waals surface area contributed by atoms with Crippen LogP contribution in [0.2, 0.25) is 0 Å². The number of hydrogen-bond acceptors (Lipinski definition) is 2. The first-order chi connectivity index (χ1) is 6.74. The van der Waals surface area contributed by atoms with Gasteiger partial charge in [0.05, 0.1) is 5.69 Å². The van der Waals surface area contributed by atoms with Gasteiger partial charge >= 0.3 is 0 Å². The quantitative estimate of drug-likeness (QED) is 0.560. The Morgan fingerprint density at radius 1 is 1.43 bits per heavy atom. The van der Waals surface area contributed by atoms with Crippen molar-refractivity contribution in [3.05, 3.63) is 29.6 Å². The molecule has 0 amide bonds. The van der Waals surface area contributed by atoms with Gasteiger partial charge in [0.15, 0.2) is 0 Å². The Morgan fingerprint density at radius 2 is 2.21 bits per heavy atom. The summed E-state index contributed by atoms with van der Waals surface area (Å²) in [7, 11) is 0. The number of anilines is 1. The molecule has 0 heterocycles. The molecule has 2 nitrogen and oxygen atoms in total. The molecular weight excluding hydrogens is 179 g/mol. The molecule has 0 aliphatic carbocycles. The summed E-state index contributed by atoms with van der Waals surface area (Å²) in [6.07, 6.45) is 2.32. The third-order valence-electron chi connectivity index (χ3n) is 2.10. The van der Waals surface area contributed by atoms with E-state index in [1.165, 1.54) is 12.5 Å². The molecule has 0 spiro atoms. The number of unbranched alkanes of at least 4 members (excludes halogenated alkanes) is 1. The molecule has 78 valence electrons. The van der Waals surface area contributed by atoms with E-state index in [1.807, 2.05) is 6.07 Å². The minimum Gasteiger partial charge on any atom is -0.396 e. The summed E-state index contributed by atoms with van der Waals surface area (Å²) in [5.41, 5.74) is 6.52. The highest BCUT2D eigenvalue weighted by Gasteiger charge is 1.98. The molecule has 3 N–H and O–H groups in total. The van der Waals surface area contributed by atoms with Crippen LogP contribution in [0, 0.1) is 5.82 Å². The van der Waals surface area contributed by atoms with E-state index in [0.29, 0.717) is 6.54 Å². The summed E-state index contributed by atoms with van der Waals surface area (Å²) in [5, 5.41) is 3.24. The topological polar surface area (TPSA) is 38.0 Å². The molecule has 0 bridgehead atoms. The molecule has 0 saturated heterocycles. The van der Waals surface area contributed by atoms with Crippen LogP contribution in [0.15, 0.2) is 18.2 Å². The molecule has 1 aromatic carbocycles. The van der Waals surface area contributed by atoms with Gasteiger partial charge in [-0.2, -0.15) is 0 Å². The van der Waals surface area contributed by atoms with Crippen LogP contribution in [-0.4, -0.2) is 6.54 Å². The van der Waals surface area contributed by atoms with Crippen molar-refractivity contribution in [1.29, 1.82) is 0 Å². The van der Waals surface area contributed by atoms with E-state index < -0.39 is 0 Å². The molecule has 1 aromatic rings. The number of benzene rings is 1. The zero-order chi connectivity index (χ0) is 10.4. The van der Waals surface area contributed by atoms with Gasteiger partial charge < -0.3 is 11.1 Å². The van der Waals surface area contributed by atoms with Gasteiger partial charge in [0.1, 0.15) is 5.82 Å². The Kier molecular flexibility index (Phi) is 4.40. The lowest BCUT2D eigenvalue weighted by Crippen LogP contribution is -2.14. The average Bonchev–Trinajstić information content (AvgIpc) is 2.18. The monoisotopic (exact) mass is 196 g/mol. The van der Waals surface area contributed by atoms with Crippen molar-refractivity contribution < 1.29 is 4.39 Å². The van der Waals surface area contributed by atoms with Crippen LogP contribution in [0.25, 0.3) is 0 Å². The van der Waals surface area contributed by atoms with Crippen LogP contribution in [0.5, 0.6) is 0 Å². The number of hydrogen-bond donors (Lipinski definition) is 2. The third kappa shape index (κ3) is 3.34. The van der Waals surface area contributed by atoms with E-state index in [4.69, 9.17) is 5.73 Å². The Hall–Kier alpha value is -1.09. The number of rotatable bonds is 5. The SMILES string of the molecule is CCCCNCc1ccc(N)c(F)c1. The molecule has 0 aliphatic heterocycles. The Morgan fingerprint density at radius 3 is 2.86 bits per heavy atom. The summed E-state index contributed by atoms with van der Waals surface area (Å²) < 4.78 is 13.0. The molecular formula is C11H17FN2. The fourth-order valence-corrected chi connectivity index (χ4v) is 1.22. The number of nitrogens with one attached hydrogen (secondary N) is 1. The van der Waals surface area contributed by atoms with Gasteiger partial charge in [-0.25, -0.2) is 4.39 Å². The van der Waals surface area contributed by atoms with Crippen molar-refractivity contribution in [2.24, 2.45) is 0 Å². The van der Waals surface area contributed by atoms with E-state index in [0.717, 1.165) is 18.5 Å². The van der Waals surface area contributed by atoms with Gasteiger partial charge in [0.25, 0.3) is 0 Å². The molecule has 0 radical (unpaired) electrons. The summed E-state index contributed by atoms with van der Waals surface area (Å²) in [5.74, 6) is -0.334. The van der Waals surface area contributed by atoms with E-state index in [2.05, 4.69) is 12.2 Å². The summed E-state index contributed by atoms with van der Waals surface area (Å²) >= 11 is 0. The molecule has 0 unspecified atom stereocenters. The maximum Gasteiger partial charge on any atom is 0.146 e. The van der Waals surface area contributed by atoms with Gasteiger partial charge in [-0.05, 0) is 30.7 Å². The molecule has 0 saturated carbocycles. The molecule has 0 aromatic heterocycles. The van der Waals surface area contributed by atoms with Crippen molar-refractivity contribution >= 4 is 5.69 Å². The number of nitrogen functional groups attached to an aromatic ring is 1. The molecule has 14 heavy (non-hydrogen) atoms. The zero-order valence-corrected chi connectivity index (χ0v) is 8.52. The van der Waals surface area contributed by atoms with Crippen molar-refractivity contribution in [1.82, 2.24) is 5.32 Å². The summed E-state index contributed by atoms with van der Waals surface area (Å²) in [6.45, 7) is 3.82. The second kappa shape index (κ2) is 5.60. The fourth-order valence-electron chi connectivity index (χ4n) is 1.22. The predicted molar refractivity (Wildman–Crippen MR) is 57.4 cm³/mol. The molecule has 0 aliphatic rings. The first-order valence-electron chi connectivity index (χ1n) is 4.98. The van der Waals surface area contributed by atoms with Crippen molar-refractivity contribution in [3.63, 3.8) is 0 Å². The third-order valence-corrected chi connectivity index (χ3v) is 2.10. The van der Waals surface area contributed by atoms with Gasteiger partial charge in [-0.15, -0.1) is 0 Å². The largest absolute Gasteiger partial charge is 0.396 e. The van der Waals surface area contributed by atoms with Crippen LogP contribution in [-0.2, 0) is 6.54 Å². The maximum atomic E-state index is 13.0. The Labute approximate surface area is 84.3 Å². The number of halogens is 1. The fraction of sp³-hybridized carbons (Fsp3) is 0.455. The zero-order valence-electron chi connectivity index (χ0n) is 8.52. The molecule has 1 rings (SSSR count). The normalized spacial score (nSPS) is 10.4. The highest BCUT2D eigenvalue weighted by Crippen LogP contribution is 2.11. The van der Waals surface area contributed by atoms with Crippen molar-refractivity contribution in [2.45, 2.75) is 26.3 Å². The van der Waals surface area contributed by atoms with Gasteiger partial charge in [-0.1, -0.05) is 19.4 Å². The molecule has 0 atom stereocenters. The lowest BCUT2D eigenvalue weighted by molar-refractivity contribution is 0.617. The van der Waals surface area contributed by atoms with E-state index >= 15 is 0 Å². The van der Waals surface area contributed by atoms with Gasteiger partial charge in [-0.3, -0.25) is 0 Å². The van der Waals surface area contributed by atoms with E-state index in [9.17, 15) is 4.39 Å². The molecule has 3 heteroatoms. The second-order valence-electron chi connectivity index (χ2n) is 3.39. The van der Waals surface area contributed by atoms with E-state index in [-0.39, 0.29) is 11.5 Å². The first kappa shape index (κ1) is 11.0. The number of nitrogens with two attached hydrogens (primary N) is 1. The molecule has 0 fully saturated rings. The smallest absolute Gasteiger partial charge is 0.146 e. The summed E-state index contributed by atoms with van der Waals surface area (Å²) in [4.78, 5) is 0. The van der Waals surface area contributed by atoms with Crippen molar-refractivity contribution in [2.75, 3.05) is 12.3 Å². The van der Waals surface area contributed by atoms with E-state index in [1.54, 1.807) is 6.07 Å². The Bertz CT molecular complexity index is 287. The minimum atomic E-state index is -0.334. The van der Waals surface area contributed by atoms with Crippen LogP contribution < -0.4 is 11.1 Å². The standard InChI is InChI=1S/C11H17FN2/c1-2-3-6-14-8-9-4-5-11(13)10(12)7-9/h4-5,7,14H,2-3,6,8,13H2,1H3. The first-order valence-corrected chi connectivity index (χ1v) is 4.98. The average molecular weight is 196 g/mol. The van der Waals surface area contributed by atoms with Crippen LogP contribution >= 0.6 is 0 Å². The second-order valence-corrected chi connectivity index (χ2v) is 3.39. The predicted octanol–water partition coefficient (Wildman–Crippen LogP) is 2.30. The lowest BCUT2D eigenvalue weighted by atomic mass is 10.2. The lowest BCUT2D eigenvalue weighted by Gasteiger charge is -2.04. The minimum absolute atomic E-state index is 0.210. The van der Waals surface area contributed by atoms with Crippen LogP contribution in [0.1, 0.15) is 25.3 Å². The van der Waals surface area contributed by atoms with Gasteiger partial charge in [0.2, 0.25) is 0 Å². The van der Waals surface area contributed by atoms with Gasteiger partial charge in [0, 0.05) is 6.54 Å².